The van der Waals surface area contributed by atoms with E-state index in [9.17, 15) is 13.6 Å². The number of esters is 1. The maximum Gasteiger partial charge on any atom is 0.315 e. The van der Waals surface area contributed by atoms with Crippen molar-refractivity contribution in [1.82, 2.24) is 0 Å². The highest BCUT2D eigenvalue weighted by Gasteiger charge is 2.71. The Morgan fingerprint density at radius 3 is 2.55 bits per heavy atom. The number of carbonyl (C=O) groups is 1. The molecule has 0 aromatic rings. The standard InChI is InChI=1S/C6H9F2NO2/c1-11-5(10)4-3(2-9)6(4,7)8/h3-4H,2,9H2,1H3. The Hall–Kier alpha value is -0.710. The molecule has 1 aliphatic carbocycles. The third-order valence-corrected chi connectivity index (χ3v) is 1.91. The van der Waals surface area contributed by atoms with Gasteiger partial charge in [0, 0.05) is 6.54 Å². The Bertz CT molecular complexity index is 183. The van der Waals surface area contributed by atoms with Crippen LogP contribution < -0.4 is 5.73 Å². The van der Waals surface area contributed by atoms with E-state index in [0.717, 1.165) is 7.11 Å². The molecule has 0 aromatic heterocycles. The van der Waals surface area contributed by atoms with E-state index in [2.05, 4.69) is 4.74 Å². The van der Waals surface area contributed by atoms with Crippen molar-refractivity contribution in [2.75, 3.05) is 13.7 Å². The number of ether oxygens (including phenoxy) is 1. The molecule has 1 aliphatic rings. The van der Waals surface area contributed by atoms with E-state index in [1.54, 1.807) is 0 Å². The fourth-order valence-corrected chi connectivity index (χ4v) is 1.13. The van der Waals surface area contributed by atoms with Crippen LogP contribution in [0.5, 0.6) is 0 Å². The van der Waals surface area contributed by atoms with Crippen molar-refractivity contribution >= 4 is 5.97 Å². The van der Waals surface area contributed by atoms with Crippen LogP contribution >= 0.6 is 0 Å². The maximum atomic E-state index is 12.5. The van der Waals surface area contributed by atoms with Crippen LogP contribution in [0.1, 0.15) is 0 Å². The molecule has 1 fully saturated rings. The maximum absolute atomic E-state index is 12.5. The molecule has 2 atom stereocenters. The summed E-state index contributed by atoms with van der Waals surface area (Å²) in [6.07, 6.45) is 0. The van der Waals surface area contributed by atoms with E-state index in [1.807, 2.05) is 0 Å². The molecule has 2 unspecified atom stereocenters. The zero-order chi connectivity index (χ0) is 8.65. The Morgan fingerprint density at radius 2 is 2.27 bits per heavy atom. The van der Waals surface area contributed by atoms with Gasteiger partial charge in [0.15, 0.2) is 0 Å². The summed E-state index contributed by atoms with van der Waals surface area (Å²) in [5, 5.41) is 0. The van der Waals surface area contributed by atoms with Gasteiger partial charge in [-0.1, -0.05) is 0 Å². The van der Waals surface area contributed by atoms with E-state index in [-0.39, 0.29) is 6.54 Å². The van der Waals surface area contributed by atoms with Crippen LogP contribution in [-0.2, 0) is 9.53 Å². The first-order valence-electron chi connectivity index (χ1n) is 3.21. The van der Waals surface area contributed by atoms with Crippen molar-refractivity contribution in [3.05, 3.63) is 0 Å². The molecule has 0 saturated heterocycles. The van der Waals surface area contributed by atoms with Crippen LogP contribution in [0.15, 0.2) is 0 Å². The minimum absolute atomic E-state index is 0.174. The molecule has 1 rings (SSSR count). The van der Waals surface area contributed by atoms with Crippen LogP contribution in [0.4, 0.5) is 8.78 Å². The fraction of sp³-hybridized carbons (Fsp3) is 0.833. The molecule has 0 aromatic carbocycles. The molecule has 0 bridgehead atoms. The molecule has 5 heteroatoms. The van der Waals surface area contributed by atoms with Crippen molar-refractivity contribution < 1.29 is 18.3 Å². The first-order valence-corrected chi connectivity index (χ1v) is 3.21. The van der Waals surface area contributed by atoms with Gasteiger partial charge in [-0.05, 0) is 0 Å². The number of carbonyl (C=O) groups excluding carboxylic acids is 1. The van der Waals surface area contributed by atoms with Crippen molar-refractivity contribution in [3.63, 3.8) is 0 Å². The Balaban J connectivity index is 2.58. The summed E-state index contributed by atoms with van der Waals surface area (Å²) in [4.78, 5) is 10.6. The number of hydrogen-bond donors (Lipinski definition) is 1. The van der Waals surface area contributed by atoms with E-state index < -0.39 is 23.7 Å². The highest BCUT2D eigenvalue weighted by atomic mass is 19.3. The summed E-state index contributed by atoms with van der Waals surface area (Å²) in [5.41, 5.74) is 5.00. The molecule has 0 spiro atoms. The minimum atomic E-state index is -2.94. The van der Waals surface area contributed by atoms with Gasteiger partial charge in [-0.25, -0.2) is 8.78 Å². The average Bonchev–Trinajstić information content (AvgIpc) is 2.51. The van der Waals surface area contributed by atoms with E-state index >= 15 is 0 Å². The van der Waals surface area contributed by atoms with Crippen LogP contribution in [-0.4, -0.2) is 25.5 Å². The molecule has 0 radical (unpaired) electrons. The molecule has 2 N–H and O–H groups in total. The molecule has 0 heterocycles. The lowest BCUT2D eigenvalue weighted by atomic mass is 10.3. The highest BCUT2D eigenvalue weighted by Crippen LogP contribution is 2.54. The van der Waals surface area contributed by atoms with Gasteiger partial charge in [0.05, 0.1) is 13.0 Å². The number of halogens is 2. The topological polar surface area (TPSA) is 52.3 Å². The lowest BCUT2D eigenvalue weighted by molar-refractivity contribution is -0.144. The largest absolute Gasteiger partial charge is 0.469 e. The number of alkyl halides is 2. The van der Waals surface area contributed by atoms with Gasteiger partial charge in [0.2, 0.25) is 0 Å². The first-order chi connectivity index (χ1) is 5.05. The second-order valence-corrected chi connectivity index (χ2v) is 2.52. The number of methoxy groups -OCH3 is 1. The molecule has 3 nitrogen and oxygen atoms in total. The smallest absolute Gasteiger partial charge is 0.315 e. The molecule has 0 amide bonds. The molecule has 64 valence electrons. The zero-order valence-corrected chi connectivity index (χ0v) is 6.01. The third-order valence-electron chi connectivity index (χ3n) is 1.91. The van der Waals surface area contributed by atoms with Crippen LogP contribution in [0.3, 0.4) is 0 Å². The van der Waals surface area contributed by atoms with Crippen LogP contribution in [0.2, 0.25) is 0 Å². The quantitative estimate of drug-likeness (QED) is 0.586. The van der Waals surface area contributed by atoms with Gasteiger partial charge < -0.3 is 10.5 Å². The summed E-state index contributed by atoms with van der Waals surface area (Å²) < 4.78 is 29.2. The average molecular weight is 165 g/mol. The van der Waals surface area contributed by atoms with Gasteiger partial charge in [-0.3, -0.25) is 4.79 Å². The Labute approximate surface area is 62.5 Å². The van der Waals surface area contributed by atoms with Crippen molar-refractivity contribution in [2.45, 2.75) is 5.92 Å². The second-order valence-electron chi connectivity index (χ2n) is 2.52. The first kappa shape index (κ1) is 8.39. The number of hydrogen-bond acceptors (Lipinski definition) is 3. The van der Waals surface area contributed by atoms with Crippen molar-refractivity contribution in [1.29, 1.82) is 0 Å². The molecule has 0 aliphatic heterocycles. The molecule has 11 heavy (non-hydrogen) atoms. The van der Waals surface area contributed by atoms with Gasteiger partial charge in [0.1, 0.15) is 5.92 Å². The van der Waals surface area contributed by atoms with Crippen molar-refractivity contribution in [3.8, 4) is 0 Å². The van der Waals surface area contributed by atoms with E-state index in [4.69, 9.17) is 5.73 Å². The fourth-order valence-electron chi connectivity index (χ4n) is 1.13. The zero-order valence-electron chi connectivity index (χ0n) is 6.01. The monoisotopic (exact) mass is 165 g/mol. The van der Waals surface area contributed by atoms with Gasteiger partial charge >= 0.3 is 5.97 Å². The summed E-state index contributed by atoms with van der Waals surface area (Å²) >= 11 is 0. The molecule has 1 saturated carbocycles. The normalized spacial score (nSPS) is 33.1. The Kier molecular flexibility index (Phi) is 1.83. The number of nitrogens with two attached hydrogens (primary N) is 1. The highest BCUT2D eigenvalue weighted by molar-refractivity contribution is 5.78. The molecular weight excluding hydrogens is 156 g/mol. The lowest BCUT2D eigenvalue weighted by Crippen LogP contribution is -2.09. The number of rotatable bonds is 2. The summed E-state index contributed by atoms with van der Waals surface area (Å²) in [7, 11) is 1.09. The minimum Gasteiger partial charge on any atom is -0.469 e. The van der Waals surface area contributed by atoms with Gasteiger partial charge in [-0.2, -0.15) is 0 Å². The van der Waals surface area contributed by atoms with E-state index in [0.29, 0.717) is 0 Å². The van der Waals surface area contributed by atoms with Crippen molar-refractivity contribution in [2.24, 2.45) is 17.6 Å². The lowest BCUT2D eigenvalue weighted by Gasteiger charge is -1.93. The van der Waals surface area contributed by atoms with E-state index in [1.165, 1.54) is 0 Å². The summed E-state index contributed by atoms with van der Waals surface area (Å²) in [5.74, 6) is -6.14. The van der Waals surface area contributed by atoms with Crippen LogP contribution in [0, 0.1) is 11.8 Å². The third kappa shape index (κ3) is 1.09. The van der Waals surface area contributed by atoms with Gasteiger partial charge in [-0.15, -0.1) is 0 Å². The summed E-state index contributed by atoms with van der Waals surface area (Å²) in [6, 6.07) is 0. The SMILES string of the molecule is COC(=O)C1C(CN)C1(F)F. The molecular formula is C6H9F2NO2. The predicted octanol–water partition coefficient (Wildman–Crippen LogP) is -0.000600. The Morgan fingerprint density at radius 1 is 1.73 bits per heavy atom. The summed E-state index contributed by atoms with van der Waals surface area (Å²) in [6.45, 7) is -0.174. The second kappa shape index (κ2) is 2.41. The predicted molar refractivity (Wildman–Crippen MR) is 33.0 cm³/mol. The van der Waals surface area contributed by atoms with Gasteiger partial charge in [0.25, 0.3) is 5.92 Å². The van der Waals surface area contributed by atoms with Crippen LogP contribution in [0.25, 0.3) is 0 Å².